The van der Waals surface area contributed by atoms with Crippen molar-refractivity contribution in [2.75, 3.05) is 19.7 Å². The van der Waals surface area contributed by atoms with Gasteiger partial charge in [0.2, 0.25) is 0 Å². The Morgan fingerprint density at radius 3 is 2.73 bits per heavy atom. The minimum absolute atomic E-state index is 0.0191. The Bertz CT molecular complexity index is 1080. The number of benzene rings is 2. The average Bonchev–Trinajstić information content (AvgIpc) is 3.21. The number of aromatic amines is 1. The highest BCUT2D eigenvalue weighted by molar-refractivity contribution is 6.35. The number of fused-ring (bicyclic) bond motifs is 1. The smallest absolute Gasteiger partial charge is 0.260 e. The Balaban J connectivity index is 1.25. The predicted molar refractivity (Wildman–Crippen MR) is 115 cm³/mol. The van der Waals surface area contributed by atoms with Gasteiger partial charge in [0.15, 0.2) is 6.61 Å². The number of carbonyl (C=O) groups is 2. The van der Waals surface area contributed by atoms with Crippen molar-refractivity contribution in [2.24, 2.45) is 0 Å². The Hall–Kier alpha value is -2.77. The van der Waals surface area contributed by atoms with Gasteiger partial charge in [0.1, 0.15) is 5.75 Å². The molecule has 9 heteroatoms. The standard InChI is InChI=1S/C21H20Cl2N4O3/c22-14-2-4-19(16(23)10-14)30-11-20(28)27-7-5-15(6-8-27)26-21(29)13-1-3-17-18(9-13)25-12-24-17/h1-4,9-10,12,15H,5-8,11H2,(H,24,25)(H,26,29). The molecule has 7 nitrogen and oxygen atoms in total. The highest BCUT2D eigenvalue weighted by Crippen LogP contribution is 2.27. The van der Waals surface area contributed by atoms with Crippen LogP contribution >= 0.6 is 23.2 Å². The molecular weight excluding hydrogens is 427 g/mol. The zero-order valence-corrected chi connectivity index (χ0v) is 17.5. The maximum Gasteiger partial charge on any atom is 0.260 e. The molecule has 30 heavy (non-hydrogen) atoms. The van der Waals surface area contributed by atoms with E-state index in [0.717, 1.165) is 11.0 Å². The van der Waals surface area contributed by atoms with E-state index in [1.54, 1.807) is 41.6 Å². The topological polar surface area (TPSA) is 87.3 Å². The molecule has 0 radical (unpaired) electrons. The SMILES string of the molecule is O=C(NC1CCN(C(=O)COc2ccc(Cl)cc2Cl)CC1)c1ccc2nc[nH]c2c1. The number of rotatable bonds is 5. The van der Waals surface area contributed by atoms with E-state index in [-0.39, 0.29) is 24.5 Å². The van der Waals surface area contributed by atoms with Crippen molar-refractivity contribution in [3.8, 4) is 5.75 Å². The maximum absolute atomic E-state index is 12.5. The molecule has 2 N–H and O–H groups in total. The van der Waals surface area contributed by atoms with Crippen molar-refractivity contribution in [1.82, 2.24) is 20.2 Å². The Morgan fingerprint density at radius 1 is 1.17 bits per heavy atom. The number of aromatic nitrogens is 2. The molecule has 0 bridgehead atoms. The number of nitrogens with zero attached hydrogens (tertiary/aromatic N) is 2. The molecule has 1 aromatic heterocycles. The molecule has 1 saturated heterocycles. The summed E-state index contributed by atoms with van der Waals surface area (Å²) in [5, 5.41) is 3.92. The number of ether oxygens (including phenoxy) is 1. The zero-order chi connectivity index (χ0) is 21.1. The summed E-state index contributed by atoms with van der Waals surface area (Å²) in [6.45, 7) is 1.02. The minimum atomic E-state index is -0.128. The zero-order valence-electron chi connectivity index (χ0n) is 16.0. The van der Waals surface area contributed by atoms with E-state index in [9.17, 15) is 9.59 Å². The summed E-state index contributed by atoms with van der Waals surface area (Å²) < 4.78 is 5.52. The van der Waals surface area contributed by atoms with E-state index in [0.29, 0.717) is 47.3 Å². The molecular formula is C21H20Cl2N4O3. The number of nitrogens with one attached hydrogen (secondary N) is 2. The van der Waals surface area contributed by atoms with Gasteiger partial charge in [-0.05, 0) is 49.2 Å². The largest absolute Gasteiger partial charge is 0.482 e. The van der Waals surface area contributed by atoms with Crippen LogP contribution in [0, 0.1) is 0 Å². The molecule has 3 aromatic rings. The first-order chi connectivity index (χ1) is 14.5. The van der Waals surface area contributed by atoms with Crippen LogP contribution in [0.15, 0.2) is 42.7 Å². The van der Waals surface area contributed by atoms with E-state index in [1.807, 2.05) is 6.07 Å². The monoisotopic (exact) mass is 446 g/mol. The summed E-state index contributed by atoms with van der Waals surface area (Å²) in [6, 6.07) is 10.2. The van der Waals surface area contributed by atoms with E-state index >= 15 is 0 Å². The molecule has 4 rings (SSSR count). The second-order valence-electron chi connectivity index (χ2n) is 7.13. The molecule has 2 amide bonds. The lowest BCUT2D eigenvalue weighted by Gasteiger charge is -2.32. The number of amides is 2. The second kappa shape index (κ2) is 8.93. The third kappa shape index (κ3) is 4.68. The van der Waals surface area contributed by atoms with E-state index in [1.165, 1.54) is 0 Å². The van der Waals surface area contributed by atoms with Gasteiger partial charge in [-0.3, -0.25) is 9.59 Å². The van der Waals surface area contributed by atoms with Gasteiger partial charge in [0, 0.05) is 29.7 Å². The number of halogens is 2. The molecule has 0 atom stereocenters. The second-order valence-corrected chi connectivity index (χ2v) is 7.97. The molecule has 1 fully saturated rings. The average molecular weight is 447 g/mol. The van der Waals surface area contributed by atoms with Crippen molar-refractivity contribution in [3.05, 3.63) is 58.3 Å². The van der Waals surface area contributed by atoms with E-state index in [2.05, 4.69) is 15.3 Å². The first-order valence-corrected chi connectivity index (χ1v) is 10.3. The molecule has 156 valence electrons. The van der Waals surface area contributed by atoms with Crippen LogP contribution in [0.3, 0.4) is 0 Å². The van der Waals surface area contributed by atoms with Gasteiger partial charge in [0.05, 0.1) is 22.4 Å². The summed E-state index contributed by atoms with van der Waals surface area (Å²) in [7, 11) is 0. The van der Waals surface area contributed by atoms with Crippen molar-refractivity contribution in [1.29, 1.82) is 0 Å². The fourth-order valence-electron chi connectivity index (χ4n) is 3.44. The maximum atomic E-state index is 12.5. The van der Waals surface area contributed by atoms with Gasteiger partial charge in [-0.2, -0.15) is 0 Å². The quantitative estimate of drug-likeness (QED) is 0.625. The minimum Gasteiger partial charge on any atom is -0.482 e. The van der Waals surface area contributed by atoms with Crippen LogP contribution in [-0.2, 0) is 4.79 Å². The molecule has 2 heterocycles. The number of piperidine rings is 1. The number of hydrogen-bond donors (Lipinski definition) is 2. The Labute approximate surface area is 183 Å². The van der Waals surface area contributed by atoms with Gasteiger partial charge >= 0.3 is 0 Å². The summed E-state index contributed by atoms with van der Waals surface area (Å²) in [6.07, 6.45) is 2.97. The number of likely N-dealkylation sites (tertiary alicyclic amines) is 1. The van der Waals surface area contributed by atoms with Crippen molar-refractivity contribution in [3.63, 3.8) is 0 Å². The van der Waals surface area contributed by atoms with Crippen LogP contribution in [0.4, 0.5) is 0 Å². The van der Waals surface area contributed by atoms with Crippen molar-refractivity contribution < 1.29 is 14.3 Å². The van der Waals surface area contributed by atoms with Gasteiger partial charge in [-0.15, -0.1) is 0 Å². The Kier molecular flexibility index (Phi) is 6.11. The van der Waals surface area contributed by atoms with E-state index < -0.39 is 0 Å². The number of hydrogen-bond acceptors (Lipinski definition) is 4. The predicted octanol–water partition coefficient (Wildman–Crippen LogP) is 3.67. The molecule has 1 aliphatic rings. The molecule has 0 unspecified atom stereocenters. The first-order valence-electron chi connectivity index (χ1n) is 9.59. The highest BCUT2D eigenvalue weighted by atomic mass is 35.5. The van der Waals surface area contributed by atoms with Crippen LogP contribution < -0.4 is 10.1 Å². The summed E-state index contributed by atoms with van der Waals surface area (Å²) in [5.41, 5.74) is 2.22. The lowest BCUT2D eigenvalue weighted by Crippen LogP contribution is -2.47. The van der Waals surface area contributed by atoms with Crippen molar-refractivity contribution >= 4 is 46.0 Å². The fraction of sp³-hybridized carbons (Fsp3) is 0.286. The van der Waals surface area contributed by atoms with Gasteiger partial charge in [-0.25, -0.2) is 4.98 Å². The van der Waals surface area contributed by atoms with Crippen LogP contribution in [0.1, 0.15) is 23.2 Å². The summed E-state index contributed by atoms with van der Waals surface area (Å²) >= 11 is 11.9. The van der Waals surface area contributed by atoms with Crippen LogP contribution in [0.25, 0.3) is 11.0 Å². The number of imidazole rings is 1. The van der Waals surface area contributed by atoms with Crippen LogP contribution in [0.5, 0.6) is 5.75 Å². The molecule has 0 spiro atoms. The first kappa shape index (κ1) is 20.5. The molecule has 0 saturated carbocycles. The van der Waals surface area contributed by atoms with Gasteiger partial charge in [-0.1, -0.05) is 23.2 Å². The Morgan fingerprint density at radius 2 is 1.97 bits per heavy atom. The van der Waals surface area contributed by atoms with Crippen LogP contribution in [-0.4, -0.2) is 52.4 Å². The summed E-state index contributed by atoms with van der Waals surface area (Å²) in [5.74, 6) is 0.179. The highest BCUT2D eigenvalue weighted by Gasteiger charge is 2.24. The van der Waals surface area contributed by atoms with Crippen LogP contribution in [0.2, 0.25) is 10.0 Å². The fourth-order valence-corrected chi connectivity index (χ4v) is 3.90. The third-order valence-corrected chi connectivity index (χ3v) is 5.64. The van der Waals surface area contributed by atoms with Gasteiger partial charge in [0.25, 0.3) is 11.8 Å². The normalized spacial score (nSPS) is 14.7. The van der Waals surface area contributed by atoms with Gasteiger partial charge < -0.3 is 19.9 Å². The molecule has 2 aromatic carbocycles. The van der Waals surface area contributed by atoms with E-state index in [4.69, 9.17) is 27.9 Å². The molecule has 1 aliphatic heterocycles. The number of H-pyrrole nitrogens is 1. The summed E-state index contributed by atoms with van der Waals surface area (Å²) in [4.78, 5) is 33.9. The lowest BCUT2D eigenvalue weighted by atomic mass is 10.0. The molecule has 0 aliphatic carbocycles. The number of carbonyl (C=O) groups excluding carboxylic acids is 2. The third-order valence-electron chi connectivity index (χ3n) is 5.11. The lowest BCUT2D eigenvalue weighted by molar-refractivity contribution is -0.134. The van der Waals surface area contributed by atoms with Crippen molar-refractivity contribution in [2.45, 2.75) is 18.9 Å².